The van der Waals surface area contributed by atoms with Gasteiger partial charge >= 0.3 is 0 Å². The Hall–Kier alpha value is -3.37. The number of anilines is 3. The second kappa shape index (κ2) is 10.3. The number of benzene rings is 3. The van der Waals surface area contributed by atoms with E-state index in [0.29, 0.717) is 17.1 Å². The number of rotatable bonds is 8. The molecule has 3 rings (SSSR count). The molecule has 0 bridgehead atoms. The maximum Gasteiger partial charge on any atom is 0.261 e. The van der Waals surface area contributed by atoms with E-state index in [-0.39, 0.29) is 4.90 Å². The molecule has 0 unspecified atom stereocenters. The Morgan fingerprint density at radius 2 is 1.42 bits per heavy atom. The molecule has 10 heteroatoms. The molecule has 0 aliphatic rings. The summed E-state index contributed by atoms with van der Waals surface area (Å²) in [6.07, 6.45) is 1.06. The third-order valence-electron chi connectivity index (χ3n) is 5.84. The summed E-state index contributed by atoms with van der Waals surface area (Å²) in [5.74, 6) is -0.550. The smallest absolute Gasteiger partial charge is 0.261 e. The number of hydrogen-bond acceptors (Lipinski definition) is 5. The molecular weight excluding hydrogens is 498 g/mol. The number of sulfonamides is 2. The largest absolute Gasteiger partial charge is 0.324 e. The normalized spacial score (nSPS) is 12.6. The van der Waals surface area contributed by atoms with Crippen LogP contribution in [-0.4, -0.2) is 35.0 Å². The van der Waals surface area contributed by atoms with E-state index in [1.165, 1.54) is 31.2 Å². The maximum atomic E-state index is 13.0. The molecule has 36 heavy (non-hydrogen) atoms. The summed E-state index contributed by atoms with van der Waals surface area (Å²) in [7, 11) is -7.62. The van der Waals surface area contributed by atoms with Crippen molar-refractivity contribution >= 4 is 43.0 Å². The van der Waals surface area contributed by atoms with E-state index >= 15 is 0 Å². The first-order valence-corrected chi connectivity index (χ1v) is 14.6. The molecule has 0 aliphatic carbocycles. The minimum Gasteiger partial charge on any atom is -0.324 e. The summed E-state index contributed by atoms with van der Waals surface area (Å²) < 4.78 is 54.7. The van der Waals surface area contributed by atoms with Crippen LogP contribution in [0.3, 0.4) is 0 Å². The lowest BCUT2D eigenvalue weighted by Gasteiger charge is -2.29. The second-order valence-electron chi connectivity index (χ2n) is 8.91. The first kappa shape index (κ1) is 27.2. The van der Waals surface area contributed by atoms with Gasteiger partial charge in [-0.05, 0) is 87.2 Å². The van der Waals surface area contributed by atoms with Gasteiger partial charge in [0, 0.05) is 5.69 Å². The van der Waals surface area contributed by atoms with Gasteiger partial charge in [-0.25, -0.2) is 16.8 Å². The number of amides is 1. The molecule has 0 radical (unpaired) electrons. The monoisotopic (exact) mass is 529 g/mol. The van der Waals surface area contributed by atoms with Crippen molar-refractivity contribution in [3.05, 3.63) is 82.9 Å². The van der Waals surface area contributed by atoms with E-state index in [4.69, 9.17) is 0 Å². The number of nitrogens with zero attached hydrogens (tertiary/aromatic N) is 1. The van der Waals surface area contributed by atoms with Gasteiger partial charge in [0.1, 0.15) is 6.04 Å². The van der Waals surface area contributed by atoms with Gasteiger partial charge < -0.3 is 5.32 Å². The number of nitrogens with one attached hydrogen (secondary N) is 2. The second-order valence-corrected chi connectivity index (χ2v) is 12.5. The molecule has 8 nitrogen and oxygen atoms in total. The number of carbonyl (C=O) groups is 1. The van der Waals surface area contributed by atoms with Crippen molar-refractivity contribution in [2.24, 2.45) is 0 Å². The van der Waals surface area contributed by atoms with Crippen molar-refractivity contribution in [3.63, 3.8) is 0 Å². The van der Waals surface area contributed by atoms with E-state index in [1.807, 2.05) is 45.0 Å². The molecule has 1 amide bonds. The van der Waals surface area contributed by atoms with Crippen molar-refractivity contribution in [1.82, 2.24) is 0 Å². The van der Waals surface area contributed by atoms with Crippen molar-refractivity contribution in [1.29, 1.82) is 0 Å². The lowest BCUT2D eigenvalue weighted by Crippen LogP contribution is -2.45. The van der Waals surface area contributed by atoms with Gasteiger partial charge in [0.05, 0.1) is 22.5 Å². The van der Waals surface area contributed by atoms with Crippen LogP contribution in [0.2, 0.25) is 0 Å². The number of aryl methyl sites for hydroxylation is 4. The Kier molecular flexibility index (Phi) is 7.80. The average molecular weight is 530 g/mol. The molecule has 0 saturated carbocycles. The molecule has 0 heterocycles. The van der Waals surface area contributed by atoms with Gasteiger partial charge in [0.25, 0.3) is 10.0 Å². The van der Waals surface area contributed by atoms with Gasteiger partial charge in [-0.3, -0.25) is 13.8 Å². The van der Waals surface area contributed by atoms with E-state index in [1.54, 1.807) is 19.1 Å². The SMILES string of the molecule is Cc1ccc(C)c(N([C@@H](C)C(=O)Nc2ccc(S(=O)(=O)Nc3c(C)cccc3C)cc2)S(C)(=O)=O)c1. The third kappa shape index (κ3) is 6.06. The molecule has 0 aliphatic heterocycles. The quantitative estimate of drug-likeness (QED) is 0.446. The molecule has 3 aromatic rings. The lowest BCUT2D eigenvalue weighted by molar-refractivity contribution is -0.116. The van der Waals surface area contributed by atoms with Crippen molar-refractivity contribution in [3.8, 4) is 0 Å². The van der Waals surface area contributed by atoms with Crippen LogP contribution in [-0.2, 0) is 24.8 Å². The summed E-state index contributed by atoms with van der Waals surface area (Å²) in [6, 6.07) is 15.5. The van der Waals surface area contributed by atoms with Gasteiger partial charge in [-0.2, -0.15) is 0 Å². The third-order valence-corrected chi connectivity index (χ3v) is 8.43. The highest BCUT2D eigenvalue weighted by atomic mass is 32.2. The fourth-order valence-electron chi connectivity index (χ4n) is 3.87. The predicted molar refractivity (Wildman–Crippen MR) is 144 cm³/mol. The zero-order valence-corrected chi connectivity index (χ0v) is 22.8. The molecule has 0 fully saturated rings. The first-order chi connectivity index (χ1) is 16.7. The molecular formula is C26H31N3O5S2. The Bertz CT molecular complexity index is 1480. The summed E-state index contributed by atoms with van der Waals surface area (Å²) in [4.78, 5) is 13.1. The summed E-state index contributed by atoms with van der Waals surface area (Å²) in [5, 5.41) is 2.68. The van der Waals surface area contributed by atoms with Crippen molar-refractivity contribution in [2.75, 3.05) is 20.6 Å². The fraction of sp³-hybridized carbons (Fsp3) is 0.269. The molecule has 2 N–H and O–H groups in total. The highest BCUT2D eigenvalue weighted by Crippen LogP contribution is 2.27. The highest BCUT2D eigenvalue weighted by Gasteiger charge is 2.30. The Morgan fingerprint density at radius 1 is 0.833 bits per heavy atom. The van der Waals surface area contributed by atoms with Crippen LogP contribution in [0.5, 0.6) is 0 Å². The Balaban J connectivity index is 1.81. The lowest BCUT2D eigenvalue weighted by atomic mass is 10.1. The summed E-state index contributed by atoms with van der Waals surface area (Å²) in [6.45, 7) is 8.78. The van der Waals surface area contributed by atoms with Crippen LogP contribution >= 0.6 is 0 Å². The molecule has 0 aromatic heterocycles. The minimum absolute atomic E-state index is 0.0318. The number of para-hydroxylation sites is 1. The van der Waals surface area contributed by atoms with Gasteiger partial charge in [-0.1, -0.05) is 30.3 Å². The van der Waals surface area contributed by atoms with Crippen LogP contribution in [0.15, 0.2) is 65.6 Å². The topological polar surface area (TPSA) is 113 Å². The standard InChI is InChI=1S/C26H31N3O5S2/c1-17-10-11-18(2)24(16-17)29(35(6,31)32)21(5)26(30)27-22-12-14-23(15-13-22)36(33,34)28-25-19(3)8-7-9-20(25)4/h7-16,21,28H,1-6H3,(H,27,30)/t21-/m0/s1. The highest BCUT2D eigenvalue weighted by molar-refractivity contribution is 7.92. The maximum absolute atomic E-state index is 13.0. The van der Waals surface area contributed by atoms with Crippen molar-refractivity contribution in [2.45, 2.75) is 45.6 Å². The van der Waals surface area contributed by atoms with Crippen molar-refractivity contribution < 1.29 is 21.6 Å². The Labute approximate surface area is 213 Å². The Morgan fingerprint density at radius 3 is 1.97 bits per heavy atom. The molecule has 192 valence electrons. The van der Waals surface area contributed by atoms with Gasteiger partial charge in [-0.15, -0.1) is 0 Å². The van der Waals surface area contributed by atoms with E-state index in [2.05, 4.69) is 10.0 Å². The van der Waals surface area contributed by atoms with E-state index in [0.717, 1.165) is 32.8 Å². The minimum atomic E-state index is -3.85. The molecule has 0 spiro atoms. The zero-order valence-electron chi connectivity index (χ0n) is 21.2. The van der Waals surface area contributed by atoms with Crippen LogP contribution < -0.4 is 14.3 Å². The van der Waals surface area contributed by atoms with Gasteiger partial charge in [0.15, 0.2) is 0 Å². The molecule has 0 saturated heterocycles. The van der Waals surface area contributed by atoms with Gasteiger partial charge in [0.2, 0.25) is 15.9 Å². The van der Waals surface area contributed by atoms with Crippen LogP contribution in [0, 0.1) is 27.7 Å². The average Bonchev–Trinajstić information content (AvgIpc) is 2.78. The first-order valence-electron chi connectivity index (χ1n) is 11.3. The predicted octanol–water partition coefficient (Wildman–Crippen LogP) is 4.51. The fourth-order valence-corrected chi connectivity index (χ4v) is 6.30. The van der Waals surface area contributed by atoms with Crippen LogP contribution in [0.4, 0.5) is 17.1 Å². The van der Waals surface area contributed by atoms with Crippen LogP contribution in [0.25, 0.3) is 0 Å². The van der Waals surface area contributed by atoms with E-state index in [9.17, 15) is 21.6 Å². The summed E-state index contributed by atoms with van der Waals surface area (Å²) >= 11 is 0. The van der Waals surface area contributed by atoms with E-state index < -0.39 is 32.0 Å². The number of carbonyl (C=O) groups excluding carboxylic acids is 1. The van der Waals surface area contributed by atoms with Crippen LogP contribution in [0.1, 0.15) is 29.2 Å². The molecule has 1 atom stereocenters. The zero-order chi connectivity index (χ0) is 26.8. The molecule has 3 aromatic carbocycles. The number of hydrogen-bond donors (Lipinski definition) is 2. The summed E-state index contributed by atoms with van der Waals surface area (Å²) in [5.41, 5.74) is 4.48.